The number of rotatable bonds is 4. The van der Waals surface area contributed by atoms with Gasteiger partial charge in [-0.05, 0) is 56.1 Å². The lowest BCUT2D eigenvalue weighted by Gasteiger charge is -2.15. The topological polar surface area (TPSA) is 38.9 Å². The van der Waals surface area contributed by atoms with Crippen molar-refractivity contribution < 1.29 is 4.42 Å². The first kappa shape index (κ1) is 27.5. The molecule has 0 amide bonds. The molecule has 0 radical (unpaired) electrons. The zero-order chi connectivity index (χ0) is 32.3. The largest absolute Gasteiger partial charge is 0.455 e. The molecule has 3 heteroatoms. The molecule has 0 aliphatic heterocycles. The Morgan fingerprint density at radius 2 is 1.04 bits per heavy atom. The first-order valence-corrected chi connectivity index (χ1v) is 16.6. The van der Waals surface area contributed by atoms with Crippen LogP contribution in [-0.4, -0.2) is 9.97 Å². The van der Waals surface area contributed by atoms with E-state index in [0.717, 1.165) is 61.1 Å². The first-order chi connectivity index (χ1) is 24.3. The molecular weight excluding hydrogens is 597 g/mol. The minimum Gasteiger partial charge on any atom is -0.455 e. The fraction of sp³-hybridized carbons (Fsp3) is 0. The molecule has 0 unspecified atom stereocenters. The molecule has 0 saturated heterocycles. The minimum atomic E-state index is 0.700. The van der Waals surface area contributed by atoms with Gasteiger partial charge in [0.1, 0.15) is 11.2 Å². The molecule has 49 heavy (non-hydrogen) atoms. The fourth-order valence-corrected chi connectivity index (χ4v) is 7.33. The summed E-state index contributed by atoms with van der Waals surface area (Å²) in [6.07, 6.45) is 0. The molecule has 3 nitrogen and oxygen atoms in total. The van der Waals surface area contributed by atoms with Crippen molar-refractivity contribution in [2.45, 2.75) is 0 Å². The van der Waals surface area contributed by atoms with Crippen LogP contribution in [0, 0.1) is 0 Å². The van der Waals surface area contributed by atoms with E-state index >= 15 is 0 Å². The highest BCUT2D eigenvalue weighted by atomic mass is 16.3. The number of benzene rings is 8. The smallest absolute Gasteiger partial charge is 0.160 e. The van der Waals surface area contributed by atoms with Crippen molar-refractivity contribution in [2.75, 3.05) is 0 Å². The second-order valence-electron chi connectivity index (χ2n) is 12.5. The third-order valence-electron chi connectivity index (χ3n) is 9.68. The predicted octanol–water partition coefficient (Wildman–Crippen LogP) is 12.5. The molecule has 0 aliphatic carbocycles. The molecule has 0 aliphatic rings. The van der Waals surface area contributed by atoms with Crippen LogP contribution in [0.5, 0.6) is 0 Å². The van der Waals surface area contributed by atoms with Gasteiger partial charge in [0.2, 0.25) is 0 Å². The average Bonchev–Trinajstić information content (AvgIpc) is 3.56. The van der Waals surface area contributed by atoms with Crippen molar-refractivity contribution in [3.8, 4) is 45.0 Å². The maximum absolute atomic E-state index is 6.36. The van der Waals surface area contributed by atoms with Crippen LogP contribution >= 0.6 is 0 Å². The zero-order valence-electron chi connectivity index (χ0n) is 26.5. The van der Waals surface area contributed by atoms with Gasteiger partial charge in [0.15, 0.2) is 5.82 Å². The SMILES string of the molecule is c1ccc(-c2nc(-c3ccc(-c4cccc5c4oc4ccccc45)cc3)cc(-c3c4ccccc4cc4c3ccc3ccccc34)n2)cc1. The first-order valence-electron chi connectivity index (χ1n) is 16.6. The van der Waals surface area contributed by atoms with E-state index in [9.17, 15) is 0 Å². The van der Waals surface area contributed by atoms with E-state index < -0.39 is 0 Å². The highest BCUT2D eigenvalue weighted by Crippen LogP contribution is 2.41. The number of aromatic nitrogens is 2. The lowest BCUT2D eigenvalue weighted by atomic mass is 9.91. The second-order valence-corrected chi connectivity index (χ2v) is 12.5. The second kappa shape index (κ2) is 11.0. The molecule has 0 saturated carbocycles. The van der Waals surface area contributed by atoms with Gasteiger partial charge in [-0.15, -0.1) is 0 Å². The summed E-state index contributed by atoms with van der Waals surface area (Å²) >= 11 is 0. The third-order valence-corrected chi connectivity index (χ3v) is 9.68. The molecule has 0 spiro atoms. The normalized spacial score (nSPS) is 11.7. The van der Waals surface area contributed by atoms with Gasteiger partial charge in [0.25, 0.3) is 0 Å². The maximum Gasteiger partial charge on any atom is 0.160 e. The summed E-state index contributed by atoms with van der Waals surface area (Å²) in [5.74, 6) is 0.700. The summed E-state index contributed by atoms with van der Waals surface area (Å²) in [6, 6.07) is 59.7. The molecule has 8 aromatic carbocycles. The van der Waals surface area contributed by atoms with Crippen molar-refractivity contribution in [1.29, 1.82) is 0 Å². The summed E-state index contributed by atoms with van der Waals surface area (Å²) in [7, 11) is 0. The minimum absolute atomic E-state index is 0.700. The van der Waals surface area contributed by atoms with Crippen molar-refractivity contribution in [3.63, 3.8) is 0 Å². The molecule has 2 heterocycles. The van der Waals surface area contributed by atoms with Gasteiger partial charge in [-0.3, -0.25) is 0 Å². The maximum atomic E-state index is 6.36. The van der Waals surface area contributed by atoms with Crippen LogP contribution < -0.4 is 0 Å². The fourth-order valence-electron chi connectivity index (χ4n) is 7.33. The van der Waals surface area contributed by atoms with E-state index in [0.29, 0.717) is 5.82 Å². The Bertz CT molecular complexity index is 2870. The number of fused-ring (bicyclic) bond motifs is 7. The summed E-state index contributed by atoms with van der Waals surface area (Å²) in [6.45, 7) is 0. The molecule has 228 valence electrons. The lowest BCUT2D eigenvalue weighted by Crippen LogP contribution is -1.97. The molecule has 0 fully saturated rings. The van der Waals surface area contributed by atoms with Crippen LogP contribution in [-0.2, 0) is 0 Å². The van der Waals surface area contributed by atoms with Crippen molar-refractivity contribution in [3.05, 3.63) is 170 Å². The van der Waals surface area contributed by atoms with Gasteiger partial charge >= 0.3 is 0 Å². The monoisotopic (exact) mass is 624 g/mol. The van der Waals surface area contributed by atoms with Crippen LogP contribution in [0.1, 0.15) is 0 Å². The number of nitrogens with zero attached hydrogens (tertiary/aromatic N) is 2. The van der Waals surface area contributed by atoms with Gasteiger partial charge in [-0.2, -0.15) is 0 Å². The zero-order valence-corrected chi connectivity index (χ0v) is 26.5. The quantitative estimate of drug-likeness (QED) is 0.144. The molecular formula is C46H28N2O. The van der Waals surface area contributed by atoms with E-state index in [-0.39, 0.29) is 0 Å². The molecule has 2 aromatic heterocycles. The van der Waals surface area contributed by atoms with Crippen molar-refractivity contribution in [1.82, 2.24) is 9.97 Å². The highest BCUT2D eigenvalue weighted by molar-refractivity contribution is 6.20. The van der Waals surface area contributed by atoms with E-state index in [1.54, 1.807) is 0 Å². The van der Waals surface area contributed by atoms with E-state index in [1.165, 1.54) is 32.3 Å². The van der Waals surface area contributed by atoms with Crippen molar-refractivity contribution in [2.24, 2.45) is 0 Å². The van der Waals surface area contributed by atoms with Gasteiger partial charge in [0, 0.05) is 33.0 Å². The van der Waals surface area contributed by atoms with Crippen LogP contribution in [0.15, 0.2) is 174 Å². The Labute approximate surface area is 282 Å². The molecule has 0 N–H and O–H groups in total. The number of furan rings is 1. The molecule has 0 bridgehead atoms. The average molecular weight is 625 g/mol. The van der Waals surface area contributed by atoms with Gasteiger partial charge in [-0.25, -0.2) is 9.97 Å². The molecule has 10 aromatic rings. The Balaban J connectivity index is 1.18. The van der Waals surface area contributed by atoms with E-state index in [2.05, 4.69) is 140 Å². The van der Waals surface area contributed by atoms with Crippen LogP contribution in [0.2, 0.25) is 0 Å². The molecule has 10 rings (SSSR count). The third kappa shape index (κ3) is 4.51. The Kier molecular flexibility index (Phi) is 6.18. The van der Waals surface area contributed by atoms with Crippen LogP contribution in [0.3, 0.4) is 0 Å². The van der Waals surface area contributed by atoms with E-state index in [4.69, 9.17) is 14.4 Å². The Hall–Kier alpha value is -6.58. The number of hydrogen-bond acceptors (Lipinski definition) is 3. The summed E-state index contributed by atoms with van der Waals surface area (Å²) < 4.78 is 6.36. The van der Waals surface area contributed by atoms with Crippen LogP contribution in [0.4, 0.5) is 0 Å². The van der Waals surface area contributed by atoms with Gasteiger partial charge in [-0.1, -0.05) is 152 Å². The lowest BCUT2D eigenvalue weighted by molar-refractivity contribution is 0.670. The Morgan fingerprint density at radius 1 is 0.367 bits per heavy atom. The summed E-state index contributed by atoms with van der Waals surface area (Å²) in [5.41, 5.74) is 8.87. The van der Waals surface area contributed by atoms with Gasteiger partial charge < -0.3 is 4.42 Å². The number of para-hydroxylation sites is 2. The number of hydrogen-bond donors (Lipinski definition) is 0. The summed E-state index contributed by atoms with van der Waals surface area (Å²) in [5, 5.41) is 9.47. The standard InChI is InChI=1S/C46H28N2O/c1-2-12-32(13-3-1)46-47-41(31-23-21-30(22-24-31)36-18-10-19-39-37-17-8-9-20-43(37)49-45(36)39)28-42(48-46)44-35-16-7-5-14-33(35)27-40-34-15-6-4-11-29(34)25-26-38(40)44/h1-28H. The Morgan fingerprint density at radius 3 is 1.90 bits per heavy atom. The van der Waals surface area contributed by atoms with Crippen LogP contribution in [0.25, 0.3) is 99.3 Å². The van der Waals surface area contributed by atoms with Gasteiger partial charge in [0.05, 0.1) is 11.4 Å². The predicted molar refractivity (Wildman–Crippen MR) is 204 cm³/mol. The summed E-state index contributed by atoms with van der Waals surface area (Å²) in [4.78, 5) is 10.4. The molecule has 0 atom stereocenters. The van der Waals surface area contributed by atoms with Crippen molar-refractivity contribution >= 4 is 54.3 Å². The highest BCUT2D eigenvalue weighted by Gasteiger charge is 2.18. The van der Waals surface area contributed by atoms with E-state index in [1.807, 2.05) is 30.3 Å².